The van der Waals surface area contributed by atoms with Crippen LogP contribution >= 0.6 is 11.8 Å². The molecule has 0 radical (unpaired) electrons. The molecular weight excluding hydrogens is 548 g/mol. The Morgan fingerprint density at radius 1 is 0.974 bits per heavy atom. The maximum atomic E-state index is 13.4. The zero-order chi connectivity index (χ0) is 28.4. The van der Waals surface area contributed by atoms with Gasteiger partial charge in [0.25, 0.3) is 5.91 Å². The number of methoxy groups -OCH3 is 1. The van der Waals surface area contributed by atoms with Gasteiger partial charge in [0.05, 0.1) is 23.1 Å². The Kier molecular flexibility index (Phi) is 8.50. The molecule has 2 heterocycles. The van der Waals surface area contributed by atoms with Gasteiger partial charge >= 0.3 is 12.4 Å². The summed E-state index contributed by atoms with van der Waals surface area (Å²) in [6.07, 6.45) is -8.28. The third-order valence-corrected chi connectivity index (χ3v) is 7.35. The summed E-state index contributed by atoms with van der Waals surface area (Å²) in [5, 5.41) is 0.644. The van der Waals surface area contributed by atoms with Crippen LogP contribution in [0.3, 0.4) is 0 Å². The Labute approximate surface area is 225 Å². The van der Waals surface area contributed by atoms with Crippen LogP contribution < -0.4 is 9.47 Å². The van der Waals surface area contributed by atoms with Gasteiger partial charge < -0.3 is 19.3 Å². The minimum Gasteiger partial charge on any atom is -0.493 e. The van der Waals surface area contributed by atoms with Crippen molar-refractivity contribution in [2.24, 2.45) is 4.99 Å². The predicted molar refractivity (Wildman–Crippen MR) is 135 cm³/mol. The number of likely N-dealkylation sites (N-methyl/N-ethyl adjacent to an activating group) is 1. The fourth-order valence-corrected chi connectivity index (χ4v) is 5.10. The summed E-state index contributed by atoms with van der Waals surface area (Å²) in [5.74, 6) is -0.102. The lowest BCUT2D eigenvalue weighted by Gasteiger charge is -2.34. The van der Waals surface area contributed by atoms with Crippen molar-refractivity contribution in [1.29, 1.82) is 0 Å². The average Bonchev–Trinajstić information content (AvgIpc) is 3.26. The molecule has 2 aliphatic rings. The second-order valence-electron chi connectivity index (χ2n) is 8.80. The van der Waals surface area contributed by atoms with Crippen LogP contribution in [-0.4, -0.2) is 60.7 Å². The van der Waals surface area contributed by atoms with Crippen LogP contribution in [0.2, 0.25) is 0 Å². The number of carbonyl (C=O) groups excluding carboxylic acids is 1. The number of amidine groups is 1. The van der Waals surface area contributed by atoms with Gasteiger partial charge in [0.1, 0.15) is 6.61 Å². The lowest BCUT2D eigenvalue weighted by Crippen LogP contribution is -2.47. The second-order valence-corrected chi connectivity index (χ2v) is 9.81. The lowest BCUT2D eigenvalue weighted by atomic mass is 10.0. The molecule has 2 aromatic rings. The molecular formula is C26H25F6N3O3S. The van der Waals surface area contributed by atoms with Crippen molar-refractivity contribution in [2.75, 3.05) is 39.8 Å². The highest BCUT2D eigenvalue weighted by atomic mass is 32.2. The number of thioether (sulfide) groups is 1. The molecule has 0 N–H and O–H groups in total. The number of amides is 1. The average molecular weight is 574 g/mol. The second kappa shape index (κ2) is 11.5. The first kappa shape index (κ1) is 28.8. The molecule has 39 heavy (non-hydrogen) atoms. The standard InChI is InChI=1S/C26H25F6N3O3S/c1-3-34-8-10-35(11-9-34)24-33-23(36)22(39-24)13-16-4-7-20(21(12-16)37-2)38-15-17-5-6-18(25(27,28)29)14-19(17)26(30,31)32/h4-7,12-14H,3,8-11,15H2,1-2H3. The van der Waals surface area contributed by atoms with E-state index in [1.165, 1.54) is 24.9 Å². The molecule has 2 aromatic carbocycles. The number of benzene rings is 2. The van der Waals surface area contributed by atoms with Gasteiger partial charge in [-0.3, -0.25) is 4.79 Å². The van der Waals surface area contributed by atoms with E-state index >= 15 is 0 Å². The highest BCUT2D eigenvalue weighted by molar-refractivity contribution is 8.18. The maximum Gasteiger partial charge on any atom is 0.416 e. The van der Waals surface area contributed by atoms with Crippen molar-refractivity contribution in [2.45, 2.75) is 25.9 Å². The van der Waals surface area contributed by atoms with Gasteiger partial charge in [0.2, 0.25) is 0 Å². The van der Waals surface area contributed by atoms with Gasteiger partial charge in [-0.25, -0.2) is 0 Å². The molecule has 6 nitrogen and oxygen atoms in total. The van der Waals surface area contributed by atoms with E-state index in [1.807, 2.05) is 0 Å². The fraction of sp³-hybridized carbons (Fsp3) is 0.385. The quantitative estimate of drug-likeness (QED) is 0.316. The first-order valence-electron chi connectivity index (χ1n) is 12.0. The van der Waals surface area contributed by atoms with E-state index in [2.05, 4.69) is 21.7 Å². The summed E-state index contributed by atoms with van der Waals surface area (Å²) in [6.45, 7) is 5.75. The van der Waals surface area contributed by atoms with Crippen LogP contribution in [0.25, 0.3) is 6.08 Å². The predicted octanol–water partition coefficient (Wildman–Crippen LogP) is 5.92. The van der Waals surface area contributed by atoms with Crippen LogP contribution in [0.4, 0.5) is 26.3 Å². The van der Waals surface area contributed by atoms with E-state index in [0.29, 0.717) is 21.7 Å². The largest absolute Gasteiger partial charge is 0.493 e. The molecule has 1 fully saturated rings. The number of rotatable bonds is 6. The molecule has 0 aliphatic carbocycles. The van der Waals surface area contributed by atoms with E-state index in [1.54, 1.807) is 18.2 Å². The highest BCUT2D eigenvalue weighted by Gasteiger charge is 2.38. The smallest absolute Gasteiger partial charge is 0.416 e. The summed E-state index contributed by atoms with van der Waals surface area (Å²) in [7, 11) is 1.34. The van der Waals surface area contributed by atoms with Gasteiger partial charge in [-0.2, -0.15) is 31.3 Å². The first-order valence-corrected chi connectivity index (χ1v) is 12.8. The monoisotopic (exact) mass is 573 g/mol. The molecule has 2 aliphatic heterocycles. The molecule has 4 rings (SSSR count). The lowest BCUT2D eigenvalue weighted by molar-refractivity contribution is -0.143. The van der Waals surface area contributed by atoms with Crippen molar-refractivity contribution >= 4 is 28.9 Å². The number of ether oxygens (including phenoxy) is 2. The number of hydrogen-bond acceptors (Lipinski definition) is 6. The summed E-state index contributed by atoms with van der Waals surface area (Å²) in [5.41, 5.74) is -2.71. The Balaban J connectivity index is 1.47. The molecule has 0 saturated carbocycles. The molecule has 1 amide bonds. The van der Waals surface area contributed by atoms with Crippen molar-refractivity contribution in [3.8, 4) is 11.5 Å². The third kappa shape index (κ3) is 6.88. The van der Waals surface area contributed by atoms with Crippen LogP contribution in [0.5, 0.6) is 11.5 Å². The van der Waals surface area contributed by atoms with Crippen LogP contribution in [0.15, 0.2) is 46.3 Å². The first-order chi connectivity index (χ1) is 18.4. The van der Waals surface area contributed by atoms with Crippen molar-refractivity contribution in [1.82, 2.24) is 9.80 Å². The Hall–Kier alpha value is -3.19. The van der Waals surface area contributed by atoms with Crippen molar-refractivity contribution in [3.63, 3.8) is 0 Å². The summed E-state index contributed by atoms with van der Waals surface area (Å²) >= 11 is 1.27. The van der Waals surface area contributed by atoms with Crippen LogP contribution in [-0.2, 0) is 23.8 Å². The fourth-order valence-electron chi connectivity index (χ4n) is 4.13. The molecule has 13 heteroatoms. The number of halogens is 6. The molecule has 0 unspecified atom stereocenters. The summed E-state index contributed by atoms with van der Waals surface area (Å²) in [6, 6.07) is 6.00. The number of carbonyl (C=O) groups is 1. The molecule has 0 bridgehead atoms. The number of hydrogen-bond donors (Lipinski definition) is 0. The number of aliphatic imine (C=N–C) groups is 1. The van der Waals surface area contributed by atoms with Gasteiger partial charge in [0, 0.05) is 31.7 Å². The zero-order valence-electron chi connectivity index (χ0n) is 21.0. The highest BCUT2D eigenvalue weighted by Crippen LogP contribution is 2.39. The van der Waals surface area contributed by atoms with E-state index in [-0.39, 0.29) is 23.5 Å². The minimum atomic E-state index is -5.00. The SMILES string of the molecule is CCN1CCN(C2=NC(=O)C(=Cc3ccc(OCc4ccc(C(F)(F)F)cc4C(F)(F)F)c(OC)c3)S2)CC1. The van der Waals surface area contributed by atoms with Crippen molar-refractivity contribution < 1.29 is 40.6 Å². The zero-order valence-corrected chi connectivity index (χ0v) is 21.8. The Morgan fingerprint density at radius 3 is 2.31 bits per heavy atom. The van der Waals surface area contributed by atoms with E-state index in [0.717, 1.165) is 38.8 Å². The number of nitrogens with zero attached hydrogens (tertiary/aromatic N) is 3. The number of piperazine rings is 1. The van der Waals surface area contributed by atoms with Gasteiger partial charge in [-0.15, -0.1) is 0 Å². The normalized spacial score (nSPS) is 18.1. The van der Waals surface area contributed by atoms with Gasteiger partial charge in [-0.1, -0.05) is 19.1 Å². The van der Waals surface area contributed by atoms with Crippen LogP contribution in [0.1, 0.15) is 29.2 Å². The Bertz CT molecular complexity index is 1280. The third-order valence-electron chi connectivity index (χ3n) is 6.31. The summed E-state index contributed by atoms with van der Waals surface area (Å²) in [4.78, 5) is 21.5. The summed E-state index contributed by atoms with van der Waals surface area (Å²) < 4.78 is 90.0. The molecule has 0 spiro atoms. The maximum absolute atomic E-state index is 13.4. The molecule has 1 saturated heterocycles. The van der Waals surface area contributed by atoms with E-state index in [9.17, 15) is 31.1 Å². The van der Waals surface area contributed by atoms with Gasteiger partial charge in [0.15, 0.2) is 16.7 Å². The van der Waals surface area contributed by atoms with Crippen molar-refractivity contribution in [3.05, 3.63) is 63.6 Å². The van der Waals surface area contributed by atoms with E-state index < -0.39 is 35.6 Å². The molecule has 0 aromatic heterocycles. The van der Waals surface area contributed by atoms with E-state index in [4.69, 9.17) is 9.47 Å². The molecule has 0 atom stereocenters. The topological polar surface area (TPSA) is 54.4 Å². The van der Waals surface area contributed by atoms with Crippen LogP contribution in [0, 0.1) is 0 Å². The minimum absolute atomic E-state index is 0.0710. The van der Waals surface area contributed by atoms with Gasteiger partial charge in [-0.05, 0) is 54.2 Å². The molecule has 210 valence electrons. The Morgan fingerprint density at radius 2 is 1.69 bits per heavy atom. The number of alkyl halides is 6.